The van der Waals surface area contributed by atoms with Gasteiger partial charge in [0, 0.05) is 64.2 Å². The number of methoxy groups -OCH3 is 1. The van der Waals surface area contributed by atoms with Gasteiger partial charge in [0.2, 0.25) is 0 Å². The van der Waals surface area contributed by atoms with Gasteiger partial charge in [-0.15, -0.1) is 0 Å². The molecule has 0 atom stereocenters. The smallest absolute Gasteiger partial charge is 0.0589 e. The Morgan fingerprint density at radius 3 is 2.08 bits per heavy atom. The zero-order valence-electron chi connectivity index (χ0n) is 18.3. The first kappa shape index (κ1) is 21.7. The molecule has 0 N–H and O–H groups in total. The van der Waals surface area contributed by atoms with Crippen molar-refractivity contribution in [3.8, 4) is 0 Å². The lowest BCUT2D eigenvalue weighted by Crippen LogP contribution is -2.56. The fraction of sp³-hybridized carbons (Fsp3) is 0.909. The van der Waals surface area contributed by atoms with Crippen LogP contribution in [0.1, 0.15) is 53.9 Å². The summed E-state index contributed by atoms with van der Waals surface area (Å²) in [7, 11) is 1.79. The van der Waals surface area contributed by atoms with E-state index in [2.05, 4.69) is 55.9 Å². The van der Waals surface area contributed by atoms with E-state index in [0.29, 0.717) is 5.41 Å². The quantitative estimate of drug-likeness (QED) is 0.653. The van der Waals surface area contributed by atoms with Crippen LogP contribution < -0.4 is 0 Å². The van der Waals surface area contributed by atoms with Gasteiger partial charge < -0.3 is 9.64 Å². The Balaban J connectivity index is 1.86. The Hall–Kier alpha value is -0.580. The molecule has 0 unspecified atom stereocenters. The zero-order valence-corrected chi connectivity index (χ0v) is 18.3. The highest BCUT2D eigenvalue weighted by atomic mass is 16.5. The van der Waals surface area contributed by atoms with Gasteiger partial charge in [0.15, 0.2) is 0 Å². The van der Waals surface area contributed by atoms with E-state index in [1.165, 1.54) is 64.2 Å². The van der Waals surface area contributed by atoms with E-state index in [4.69, 9.17) is 4.74 Å². The molecule has 2 fully saturated rings. The maximum Gasteiger partial charge on any atom is 0.0589 e. The summed E-state index contributed by atoms with van der Waals surface area (Å²) in [5.74, 6) is 0.820. The molecule has 152 valence electrons. The SMILES string of the molecule is C=C(C)N1CCC(C(C)(C)CC(C)(C)N2CCN(CCOC)CC2)CC1. The van der Waals surface area contributed by atoms with Crippen LogP contribution in [0, 0.1) is 11.3 Å². The fourth-order valence-electron chi connectivity index (χ4n) is 5.21. The first-order valence-corrected chi connectivity index (χ1v) is 10.5. The molecule has 0 aromatic carbocycles. The van der Waals surface area contributed by atoms with Gasteiger partial charge in [-0.05, 0) is 51.4 Å². The third kappa shape index (κ3) is 5.71. The van der Waals surface area contributed by atoms with Crippen LogP contribution in [-0.2, 0) is 4.74 Å². The number of allylic oxidation sites excluding steroid dienone is 1. The summed E-state index contributed by atoms with van der Waals surface area (Å²) in [6.45, 7) is 25.2. The van der Waals surface area contributed by atoms with Gasteiger partial charge in [-0.25, -0.2) is 0 Å². The second-order valence-corrected chi connectivity index (χ2v) is 9.80. The number of hydrogen-bond acceptors (Lipinski definition) is 4. The first-order chi connectivity index (χ1) is 12.2. The number of piperidine rings is 1. The molecular formula is C22H43N3O. The van der Waals surface area contributed by atoms with Crippen LogP contribution in [0.15, 0.2) is 12.3 Å². The van der Waals surface area contributed by atoms with Crippen molar-refractivity contribution in [2.75, 3.05) is 59.5 Å². The van der Waals surface area contributed by atoms with Crippen molar-refractivity contribution in [3.63, 3.8) is 0 Å². The van der Waals surface area contributed by atoms with Crippen LogP contribution >= 0.6 is 0 Å². The molecule has 2 heterocycles. The van der Waals surface area contributed by atoms with Crippen molar-refractivity contribution < 1.29 is 4.74 Å². The van der Waals surface area contributed by atoms with Crippen molar-refractivity contribution in [1.82, 2.24) is 14.7 Å². The van der Waals surface area contributed by atoms with Crippen molar-refractivity contribution in [3.05, 3.63) is 12.3 Å². The maximum absolute atomic E-state index is 5.23. The molecule has 26 heavy (non-hydrogen) atoms. The van der Waals surface area contributed by atoms with Gasteiger partial charge in [0.25, 0.3) is 0 Å². The number of hydrogen-bond donors (Lipinski definition) is 0. The zero-order chi connectivity index (χ0) is 19.4. The van der Waals surface area contributed by atoms with Gasteiger partial charge >= 0.3 is 0 Å². The Kier molecular flexibility index (Phi) is 7.58. The fourth-order valence-corrected chi connectivity index (χ4v) is 5.21. The highest BCUT2D eigenvalue weighted by Gasteiger charge is 2.40. The van der Waals surface area contributed by atoms with Crippen molar-refractivity contribution in [2.45, 2.75) is 59.4 Å². The lowest BCUT2D eigenvalue weighted by atomic mass is 9.67. The molecule has 0 aliphatic carbocycles. The second-order valence-electron chi connectivity index (χ2n) is 9.80. The molecule has 2 aliphatic rings. The van der Waals surface area contributed by atoms with E-state index in [9.17, 15) is 0 Å². The predicted octanol–water partition coefficient (Wildman–Crippen LogP) is 3.69. The summed E-state index contributed by atoms with van der Waals surface area (Å²) in [6, 6.07) is 0. The van der Waals surface area contributed by atoms with Gasteiger partial charge in [-0.3, -0.25) is 9.80 Å². The Morgan fingerprint density at radius 2 is 1.58 bits per heavy atom. The van der Waals surface area contributed by atoms with E-state index >= 15 is 0 Å². The highest BCUT2D eigenvalue weighted by Crippen LogP contribution is 2.42. The second kappa shape index (κ2) is 9.07. The van der Waals surface area contributed by atoms with E-state index < -0.39 is 0 Å². The molecule has 4 heteroatoms. The minimum atomic E-state index is 0.266. The minimum absolute atomic E-state index is 0.266. The summed E-state index contributed by atoms with van der Waals surface area (Å²) < 4.78 is 5.23. The summed E-state index contributed by atoms with van der Waals surface area (Å²) in [5, 5.41) is 0. The van der Waals surface area contributed by atoms with Crippen molar-refractivity contribution in [1.29, 1.82) is 0 Å². The number of ether oxygens (including phenoxy) is 1. The minimum Gasteiger partial charge on any atom is -0.383 e. The van der Waals surface area contributed by atoms with Gasteiger partial charge in [-0.1, -0.05) is 20.4 Å². The Bertz CT molecular complexity index is 444. The molecule has 2 saturated heterocycles. The summed E-state index contributed by atoms with van der Waals surface area (Å²) in [4.78, 5) is 7.71. The molecule has 2 rings (SSSR count). The molecule has 2 aliphatic heterocycles. The predicted molar refractivity (Wildman–Crippen MR) is 111 cm³/mol. The average Bonchev–Trinajstić information content (AvgIpc) is 2.59. The largest absolute Gasteiger partial charge is 0.383 e. The first-order valence-electron chi connectivity index (χ1n) is 10.5. The molecule has 0 aromatic heterocycles. The maximum atomic E-state index is 5.23. The summed E-state index contributed by atoms with van der Waals surface area (Å²) >= 11 is 0. The summed E-state index contributed by atoms with van der Waals surface area (Å²) in [6.07, 6.45) is 3.89. The van der Waals surface area contributed by atoms with Crippen LogP contribution in [0.25, 0.3) is 0 Å². The Labute approximate surface area is 162 Å². The third-order valence-corrected chi connectivity index (χ3v) is 6.87. The third-order valence-electron chi connectivity index (χ3n) is 6.87. The van der Waals surface area contributed by atoms with Crippen LogP contribution in [0.2, 0.25) is 0 Å². The van der Waals surface area contributed by atoms with Crippen LogP contribution in [0.3, 0.4) is 0 Å². The van der Waals surface area contributed by atoms with Gasteiger partial charge in [0.05, 0.1) is 6.61 Å². The van der Waals surface area contributed by atoms with Crippen LogP contribution in [-0.4, -0.2) is 79.8 Å². The van der Waals surface area contributed by atoms with Gasteiger partial charge in [-0.2, -0.15) is 0 Å². The lowest BCUT2D eigenvalue weighted by Gasteiger charge is -2.50. The number of rotatable bonds is 8. The topological polar surface area (TPSA) is 19.0 Å². The molecular weight excluding hydrogens is 322 g/mol. The summed E-state index contributed by atoms with van der Waals surface area (Å²) in [5.41, 5.74) is 1.88. The molecule has 0 aromatic rings. The highest BCUT2D eigenvalue weighted by molar-refractivity contribution is 4.97. The van der Waals surface area contributed by atoms with E-state index in [-0.39, 0.29) is 5.54 Å². The van der Waals surface area contributed by atoms with Crippen molar-refractivity contribution in [2.24, 2.45) is 11.3 Å². The average molecular weight is 366 g/mol. The molecule has 4 nitrogen and oxygen atoms in total. The lowest BCUT2D eigenvalue weighted by molar-refractivity contribution is -0.00142. The van der Waals surface area contributed by atoms with Crippen LogP contribution in [0.5, 0.6) is 0 Å². The molecule has 0 bridgehead atoms. The van der Waals surface area contributed by atoms with E-state index in [0.717, 1.165) is 19.1 Å². The standard InChI is InChI=1S/C22H43N3O/c1-19(2)24-10-8-20(9-11-24)21(3,4)18-22(5,6)25-14-12-23(13-15-25)16-17-26-7/h20H,1,8-18H2,2-7H3. The number of nitrogens with zero attached hydrogens (tertiary/aromatic N) is 3. The van der Waals surface area contributed by atoms with Crippen molar-refractivity contribution >= 4 is 0 Å². The van der Waals surface area contributed by atoms with E-state index in [1.807, 2.05) is 0 Å². The van der Waals surface area contributed by atoms with E-state index in [1.54, 1.807) is 7.11 Å². The Morgan fingerprint density at radius 1 is 1.00 bits per heavy atom. The van der Waals surface area contributed by atoms with Gasteiger partial charge in [0.1, 0.15) is 0 Å². The molecule has 0 amide bonds. The number of likely N-dealkylation sites (tertiary alicyclic amines) is 1. The van der Waals surface area contributed by atoms with Crippen LogP contribution in [0.4, 0.5) is 0 Å². The normalized spacial score (nSPS) is 22.0. The number of piperazine rings is 1. The molecule has 0 saturated carbocycles. The molecule has 0 spiro atoms. The molecule has 0 radical (unpaired) electrons. The monoisotopic (exact) mass is 365 g/mol.